The maximum atomic E-state index is 10.5. The molecule has 1 aliphatic heterocycles. The molecule has 2 aliphatic rings. The largest absolute Gasteiger partial charge is 0.488 e. The van der Waals surface area contributed by atoms with Gasteiger partial charge in [-0.1, -0.05) is 11.6 Å². The Labute approximate surface area is 142 Å². The van der Waals surface area contributed by atoms with Crippen LogP contribution in [-0.4, -0.2) is 50.5 Å². The first kappa shape index (κ1) is 15.9. The van der Waals surface area contributed by atoms with Gasteiger partial charge >= 0.3 is 0 Å². The van der Waals surface area contributed by atoms with Crippen LogP contribution in [0, 0.1) is 0 Å². The van der Waals surface area contributed by atoms with Gasteiger partial charge in [-0.2, -0.15) is 0 Å². The number of benzene rings is 1. The summed E-state index contributed by atoms with van der Waals surface area (Å²) in [6.45, 7) is 0. The predicted molar refractivity (Wildman–Crippen MR) is 86.7 cm³/mol. The Morgan fingerprint density at radius 1 is 1.33 bits per heavy atom. The van der Waals surface area contributed by atoms with Gasteiger partial charge < -0.3 is 30.5 Å². The molecule has 5 atom stereocenters. The number of nitrogens with zero attached hydrogens (tertiary/aromatic N) is 1. The Hall–Kier alpha value is -1.64. The molecular formula is C16H17ClN2O5. The van der Waals surface area contributed by atoms with Gasteiger partial charge in [-0.25, -0.2) is 4.98 Å². The van der Waals surface area contributed by atoms with Crippen LogP contribution in [0.3, 0.4) is 0 Å². The van der Waals surface area contributed by atoms with Crippen LogP contribution < -0.4 is 10.5 Å². The highest BCUT2D eigenvalue weighted by Gasteiger charge is 2.62. The molecule has 1 aliphatic carbocycles. The number of aliphatic hydroxyl groups is 3. The van der Waals surface area contributed by atoms with Crippen molar-refractivity contribution in [1.82, 2.24) is 4.98 Å². The molecule has 8 heteroatoms. The molecule has 7 nitrogen and oxygen atoms in total. The van der Waals surface area contributed by atoms with Crippen LogP contribution in [0.4, 0.5) is 5.82 Å². The van der Waals surface area contributed by atoms with Crippen molar-refractivity contribution in [2.24, 2.45) is 0 Å². The molecule has 1 unspecified atom stereocenters. The van der Waals surface area contributed by atoms with Crippen LogP contribution in [0.25, 0.3) is 10.9 Å². The number of nitrogens with two attached hydrogens (primary N) is 1. The number of aromatic nitrogens is 1. The van der Waals surface area contributed by atoms with E-state index in [0.717, 1.165) is 5.39 Å². The van der Waals surface area contributed by atoms with E-state index in [9.17, 15) is 15.3 Å². The standard InChI is InChI=1S/C16H17ClN2O5/c17-9-5-7-1-2-8(6-10(7)19-14(9)18)23-11-3-4-16(22)12(20)15(21)24-13(11)16/h1-2,5-6,11-13,15,20-22H,3-4H2,(H2,18,19)/t11-,12-,13+,15?,16-/m0/s1. The molecule has 2 fully saturated rings. The Morgan fingerprint density at radius 2 is 2.12 bits per heavy atom. The van der Waals surface area contributed by atoms with E-state index >= 15 is 0 Å². The molecule has 1 aromatic heterocycles. The maximum Gasteiger partial charge on any atom is 0.184 e. The van der Waals surface area contributed by atoms with Crippen molar-refractivity contribution in [3.05, 3.63) is 29.3 Å². The molecule has 0 spiro atoms. The van der Waals surface area contributed by atoms with Crippen molar-refractivity contribution in [2.75, 3.05) is 5.73 Å². The number of fused-ring (bicyclic) bond motifs is 2. The Kier molecular flexibility index (Phi) is 3.59. The first-order chi connectivity index (χ1) is 11.4. The van der Waals surface area contributed by atoms with Gasteiger partial charge in [-0.3, -0.25) is 0 Å². The summed E-state index contributed by atoms with van der Waals surface area (Å²) >= 11 is 5.96. The second kappa shape index (κ2) is 5.44. The minimum Gasteiger partial charge on any atom is -0.488 e. The fourth-order valence-corrected chi connectivity index (χ4v) is 3.65. The molecule has 0 amide bonds. The number of rotatable bonds is 2. The summed E-state index contributed by atoms with van der Waals surface area (Å²) < 4.78 is 11.2. The number of pyridine rings is 1. The van der Waals surface area contributed by atoms with Crippen molar-refractivity contribution in [3.63, 3.8) is 0 Å². The molecule has 4 rings (SSSR count). The van der Waals surface area contributed by atoms with Gasteiger partial charge in [-0.05, 0) is 31.0 Å². The van der Waals surface area contributed by atoms with Gasteiger partial charge in [0.1, 0.15) is 35.5 Å². The van der Waals surface area contributed by atoms with Gasteiger partial charge in [0.25, 0.3) is 0 Å². The summed E-state index contributed by atoms with van der Waals surface area (Å²) in [5.41, 5.74) is 4.87. The van der Waals surface area contributed by atoms with E-state index in [1.54, 1.807) is 18.2 Å². The SMILES string of the molecule is Nc1nc2cc(O[C@H]3CC[C@@]4(O)[C@@H]3OC(O)[C@@H]4O)ccc2cc1Cl. The lowest BCUT2D eigenvalue weighted by atomic mass is 9.95. The molecule has 1 aromatic carbocycles. The van der Waals surface area contributed by atoms with Crippen LogP contribution in [0.5, 0.6) is 5.75 Å². The van der Waals surface area contributed by atoms with E-state index < -0.39 is 30.2 Å². The highest BCUT2D eigenvalue weighted by atomic mass is 35.5. The van der Waals surface area contributed by atoms with Crippen molar-refractivity contribution < 1.29 is 24.8 Å². The third-order valence-electron chi connectivity index (χ3n) is 4.79. The van der Waals surface area contributed by atoms with E-state index in [4.69, 9.17) is 26.8 Å². The summed E-state index contributed by atoms with van der Waals surface area (Å²) in [5.74, 6) is 0.771. The number of nitrogen functional groups attached to an aromatic ring is 1. The number of anilines is 1. The fourth-order valence-electron chi connectivity index (χ4n) is 3.49. The highest BCUT2D eigenvalue weighted by molar-refractivity contribution is 6.33. The number of aliphatic hydroxyl groups excluding tert-OH is 2. The quantitative estimate of drug-likeness (QED) is 0.632. The second-order valence-corrected chi connectivity index (χ2v) is 6.70. The summed E-state index contributed by atoms with van der Waals surface area (Å²) in [5, 5.41) is 31.2. The zero-order valence-electron chi connectivity index (χ0n) is 12.6. The Bertz CT molecular complexity index is 803. The third-order valence-corrected chi connectivity index (χ3v) is 5.09. The Balaban J connectivity index is 1.60. The lowest BCUT2D eigenvalue weighted by Crippen LogP contribution is -2.47. The molecule has 2 aromatic rings. The van der Waals surface area contributed by atoms with Crippen LogP contribution in [0.1, 0.15) is 12.8 Å². The lowest BCUT2D eigenvalue weighted by Gasteiger charge is -2.25. The molecular weight excluding hydrogens is 336 g/mol. The average Bonchev–Trinajstić information content (AvgIpc) is 2.96. The molecule has 0 bridgehead atoms. The van der Waals surface area contributed by atoms with Crippen molar-refractivity contribution in [1.29, 1.82) is 0 Å². The van der Waals surface area contributed by atoms with E-state index in [1.165, 1.54) is 0 Å². The number of halogens is 1. The first-order valence-electron chi connectivity index (χ1n) is 7.65. The smallest absolute Gasteiger partial charge is 0.184 e. The minimum absolute atomic E-state index is 0.238. The number of ether oxygens (including phenoxy) is 2. The molecule has 24 heavy (non-hydrogen) atoms. The number of hydrogen-bond acceptors (Lipinski definition) is 7. The van der Waals surface area contributed by atoms with E-state index in [2.05, 4.69) is 4.98 Å². The summed E-state index contributed by atoms with van der Waals surface area (Å²) in [7, 11) is 0. The average molecular weight is 353 g/mol. The Morgan fingerprint density at radius 3 is 2.92 bits per heavy atom. The normalized spacial score (nSPS) is 35.3. The van der Waals surface area contributed by atoms with Crippen LogP contribution >= 0.6 is 11.6 Å². The van der Waals surface area contributed by atoms with E-state index in [-0.39, 0.29) is 12.2 Å². The lowest BCUT2D eigenvalue weighted by molar-refractivity contribution is -0.142. The topological polar surface area (TPSA) is 118 Å². The van der Waals surface area contributed by atoms with Crippen molar-refractivity contribution in [3.8, 4) is 5.75 Å². The molecule has 0 radical (unpaired) electrons. The zero-order valence-corrected chi connectivity index (χ0v) is 13.3. The summed E-state index contributed by atoms with van der Waals surface area (Å²) in [4.78, 5) is 4.22. The first-order valence-corrected chi connectivity index (χ1v) is 8.03. The third kappa shape index (κ3) is 2.32. The summed E-state index contributed by atoms with van der Waals surface area (Å²) in [6.07, 6.45) is -3.23. The van der Waals surface area contributed by atoms with Crippen molar-refractivity contribution >= 4 is 28.3 Å². The van der Waals surface area contributed by atoms with Gasteiger partial charge in [0.05, 0.1) is 10.5 Å². The molecule has 5 N–H and O–H groups in total. The molecule has 2 heterocycles. The van der Waals surface area contributed by atoms with Gasteiger partial charge in [0, 0.05) is 11.5 Å². The second-order valence-electron chi connectivity index (χ2n) is 6.29. The fraction of sp³-hybridized carbons (Fsp3) is 0.438. The molecule has 1 saturated heterocycles. The summed E-state index contributed by atoms with van der Waals surface area (Å²) in [6, 6.07) is 7.02. The van der Waals surface area contributed by atoms with E-state index in [0.29, 0.717) is 22.7 Å². The van der Waals surface area contributed by atoms with Crippen molar-refractivity contribution in [2.45, 2.75) is 43.0 Å². The molecule has 128 valence electrons. The van der Waals surface area contributed by atoms with Crippen LogP contribution in [0.2, 0.25) is 5.02 Å². The monoisotopic (exact) mass is 352 g/mol. The number of hydrogen-bond donors (Lipinski definition) is 4. The maximum absolute atomic E-state index is 10.5. The highest BCUT2D eigenvalue weighted by Crippen LogP contribution is 2.44. The van der Waals surface area contributed by atoms with E-state index in [1.807, 2.05) is 6.07 Å². The van der Waals surface area contributed by atoms with Crippen LogP contribution in [0.15, 0.2) is 24.3 Å². The minimum atomic E-state index is -1.49. The zero-order chi connectivity index (χ0) is 17.1. The van der Waals surface area contributed by atoms with Gasteiger partial charge in [0.2, 0.25) is 0 Å². The van der Waals surface area contributed by atoms with Gasteiger partial charge in [-0.15, -0.1) is 0 Å². The van der Waals surface area contributed by atoms with Gasteiger partial charge in [0.15, 0.2) is 6.29 Å². The molecule has 1 saturated carbocycles. The van der Waals surface area contributed by atoms with Crippen LogP contribution in [-0.2, 0) is 4.74 Å². The predicted octanol–water partition coefficient (Wildman–Crippen LogP) is 0.821.